The van der Waals surface area contributed by atoms with Crippen molar-refractivity contribution in [1.82, 2.24) is 0 Å². The Bertz CT molecular complexity index is 107. The molecule has 52 valence electrons. The summed E-state index contributed by atoms with van der Waals surface area (Å²) in [4.78, 5) is 0. The number of rotatable bonds is 1. The molecule has 1 aliphatic carbocycles. The summed E-state index contributed by atoms with van der Waals surface area (Å²) in [5, 5.41) is 0. The minimum Gasteiger partial charge on any atom is -0.146 e. The van der Waals surface area contributed by atoms with E-state index < -0.39 is 0 Å². The van der Waals surface area contributed by atoms with Gasteiger partial charge in [-0.2, -0.15) is 0 Å². The summed E-state index contributed by atoms with van der Waals surface area (Å²) < 4.78 is 0.986. The molecule has 1 heterocycles. The van der Waals surface area contributed by atoms with Crippen molar-refractivity contribution in [3.8, 4) is 0 Å². The lowest BCUT2D eigenvalue weighted by Crippen LogP contribution is -1.94. The molecule has 0 aromatic heterocycles. The average molecular weight is 160 g/mol. The molecule has 1 aliphatic heterocycles. The third-order valence-corrected chi connectivity index (χ3v) is 5.48. The highest BCUT2D eigenvalue weighted by Crippen LogP contribution is 2.51. The van der Waals surface area contributed by atoms with Crippen LogP contribution in [0.1, 0.15) is 13.3 Å². The number of thioether (sulfide) groups is 2. The SMILES string of the molecule is C[C@@H]1C[C@H]1C1SCCS1. The van der Waals surface area contributed by atoms with Crippen LogP contribution in [0.25, 0.3) is 0 Å². The van der Waals surface area contributed by atoms with Crippen molar-refractivity contribution in [2.45, 2.75) is 17.9 Å². The van der Waals surface area contributed by atoms with Gasteiger partial charge in [0.15, 0.2) is 0 Å². The lowest BCUT2D eigenvalue weighted by atomic mass is 10.4. The van der Waals surface area contributed by atoms with Gasteiger partial charge in [-0.05, 0) is 18.3 Å². The van der Waals surface area contributed by atoms with Crippen LogP contribution in [0.5, 0.6) is 0 Å². The minimum absolute atomic E-state index is 0.986. The second-order valence-corrected chi connectivity index (χ2v) is 5.78. The minimum atomic E-state index is 0.986. The largest absolute Gasteiger partial charge is 0.146 e. The van der Waals surface area contributed by atoms with Gasteiger partial charge in [0.05, 0.1) is 4.58 Å². The smallest absolute Gasteiger partial charge is 0.0533 e. The van der Waals surface area contributed by atoms with Gasteiger partial charge in [-0.1, -0.05) is 6.92 Å². The predicted octanol–water partition coefficient (Wildman–Crippen LogP) is 2.45. The maximum Gasteiger partial charge on any atom is 0.0533 e. The molecule has 0 aromatic rings. The fourth-order valence-corrected chi connectivity index (χ4v) is 4.80. The maximum absolute atomic E-state index is 2.38. The Morgan fingerprint density at radius 3 is 2.22 bits per heavy atom. The van der Waals surface area contributed by atoms with E-state index in [-0.39, 0.29) is 0 Å². The van der Waals surface area contributed by atoms with Crippen LogP contribution in [0.4, 0.5) is 0 Å². The Hall–Kier alpha value is 0.700. The Kier molecular flexibility index (Phi) is 1.70. The van der Waals surface area contributed by atoms with E-state index in [1.165, 1.54) is 17.9 Å². The van der Waals surface area contributed by atoms with Gasteiger partial charge in [-0.3, -0.25) is 0 Å². The lowest BCUT2D eigenvalue weighted by Gasteiger charge is -2.03. The van der Waals surface area contributed by atoms with E-state index in [1.807, 2.05) is 0 Å². The van der Waals surface area contributed by atoms with Crippen molar-refractivity contribution in [2.24, 2.45) is 11.8 Å². The first-order chi connectivity index (χ1) is 4.38. The van der Waals surface area contributed by atoms with Crippen LogP contribution in [-0.4, -0.2) is 16.1 Å². The van der Waals surface area contributed by atoms with E-state index in [4.69, 9.17) is 0 Å². The van der Waals surface area contributed by atoms with Crippen LogP contribution in [0.3, 0.4) is 0 Å². The number of hydrogen-bond donors (Lipinski definition) is 0. The zero-order chi connectivity index (χ0) is 6.27. The van der Waals surface area contributed by atoms with Crippen LogP contribution < -0.4 is 0 Å². The third-order valence-electron chi connectivity index (χ3n) is 2.17. The summed E-state index contributed by atoms with van der Waals surface area (Å²) in [6.07, 6.45) is 1.50. The van der Waals surface area contributed by atoms with Gasteiger partial charge in [0.1, 0.15) is 0 Å². The Morgan fingerprint density at radius 2 is 1.78 bits per heavy atom. The maximum atomic E-state index is 2.38. The molecule has 2 rings (SSSR count). The Balaban J connectivity index is 1.85. The highest BCUT2D eigenvalue weighted by molar-refractivity contribution is 8.20. The fourth-order valence-electron chi connectivity index (χ4n) is 1.35. The zero-order valence-corrected chi connectivity index (χ0v) is 7.30. The molecule has 9 heavy (non-hydrogen) atoms. The van der Waals surface area contributed by atoms with E-state index in [0.717, 1.165) is 16.4 Å². The van der Waals surface area contributed by atoms with Crippen LogP contribution >= 0.6 is 23.5 Å². The van der Waals surface area contributed by atoms with Crippen molar-refractivity contribution < 1.29 is 0 Å². The summed E-state index contributed by atoms with van der Waals surface area (Å²) in [7, 11) is 0. The molecule has 1 saturated heterocycles. The molecule has 0 amide bonds. The van der Waals surface area contributed by atoms with Crippen molar-refractivity contribution in [3.05, 3.63) is 0 Å². The molecule has 0 bridgehead atoms. The molecular formula is C7H12S2. The van der Waals surface area contributed by atoms with Gasteiger partial charge in [0, 0.05) is 11.5 Å². The van der Waals surface area contributed by atoms with Gasteiger partial charge >= 0.3 is 0 Å². The van der Waals surface area contributed by atoms with Crippen molar-refractivity contribution >= 4 is 23.5 Å². The molecule has 2 aliphatic rings. The average Bonchev–Trinajstić information content (AvgIpc) is 2.44. The van der Waals surface area contributed by atoms with Gasteiger partial charge in [-0.15, -0.1) is 23.5 Å². The molecule has 2 fully saturated rings. The third kappa shape index (κ3) is 1.25. The van der Waals surface area contributed by atoms with E-state index in [0.29, 0.717) is 0 Å². The molecule has 2 atom stereocenters. The molecule has 1 saturated carbocycles. The van der Waals surface area contributed by atoms with Crippen LogP contribution in [0, 0.1) is 11.8 Å². The van der Waals surface area contributed by atoms with Crippen LogP contribution in [0.15, 0.2) is 0 Å². The van der Waals surface area contributed by atoms with E-state index in [1.54, 1.807) is 0 Å². The first-order valence-corrected chi connectivity index (χ1v) is 5.71. The second-order valence-electron chi connectivity index (χ2n) is 2.99. The van der Waals surface area contributed by atoms with Gasteiger partial charge in [-0.25, -0.2) is 0 Å². The highest BCUT2D eigenvalue weighted by Gasteiger charge is 2.41. The first kappa shape index (κ1) is 6.41. The monoisotopic (exact) mass is 160 g/mol. The normalized spacial score (nSPS) is 43.7. The van der Waals surface area contributed by atoms with Gasteiger partial charge in [0.2, 0.25) is 0 Å². The highest BCUT2D eigenvalue weighted by atomic mass is 32.2. The van der Waals surface area contributed by atoms with Crippen molar-refractivity contribution in [2.75, 3.05) is 11.5 Å². The molecule has 0 aromatic carbocycles. The van der Waals surface area contributed by atoms with Crippen LogP contribution in [0.2, 0.25) is 0 Å². The summed E-state index contributed by atoms with van der Waals surface area (Å²) in [6, 6.07) is 0. The molecular weight excluding hydrogens is 148 g/mol. The van der Waals surface area contributed by atoms with E-state index >= 15 is 0 Å². The summed E-state index contributed by atoms with van der Waals surface area (Å²) in [5.74, 6) is 4.94. The molecule has 2 heteroatoms. The number of hydrogen-bond acceptors (Lipinski definition) is 2. The molecule has 0 unspecified atom stereocenters. The lowest BCUT2D eigenvalue weighted by molar-refractivity contribution is 0.823. The Labute approximate surface area is 65.2 Å². The first-order valence-electron chi connectivity index (χ1n) is 3.61. The van der Waals surface area contributed by atoms with E-state index in [2.05, 4.69) is 30.4 Å². The summed E-state index contributed by atoms with van der Waals surface area (Å²) in [6.45, 7) is 2.38. The zero-order valence-electron chi connectivity index (χ0n) is 5.67. The van der Waals surface area contributed by atoms with Crippen LogP contribution in [-0.2, 0) is 0 Å². The second kappa shape index (κ2) is 2.39. The quantitative estimate of drug-likeness (QED) is 0.578. The molecule has 0 radical (unpaired) electrons. The topological polar surface area (TPSA) is 0 Å². The van der Waals surface area contributed by atoms with Gasteiger partial charge in [0.25, 0.3) is 0 Å². The molecule has 0 N–H and O–H groups in total. The van der Waals surface area contributed by atoms with Crippen molar-refractivity contribution in [3.63, 3.8) is 0 Å². The summed E-state index contributed by atoms with van der Waals surface area (Å²) >= 11 is 4.36. The fraction of sp³-hybridized carbons (Fsp3) is 1.00. The Morgan fingerprint density at radius 1 is 1.22 bits per heavy atom. The van der Waals surface area contributed by atoms with Crippen molar-refractivity contribution in [1.29, 1.82) is 0 Å². The van der Waals surface area contributed by atoms with Gasteiger partial charge < -0.3 is 0 Å². The molecule has 0 spiro atoms. The summed E-state index contributed by atoms with van der Waals surface area (Å²) in [5.41, 5.74) is 0. The predicted molar refractivity (Wildman–Crippen MR) is 46.0 cm³/mol. The van der Waals surface area contributed by atoms with E-state index in [9.17, 15) is 0 Å². The molecule has 0 nitrogen and oxygen atoms in total. The standard InChI is InChI=1S/C7H12S2/c1-5-4-6(5)7-8-2-3-9-7/h5-7H,2-4H2,1H3/t5-,6-/m1/s1.